The van der Waals surface area contributed by atoms with Crippen LogP contribution < -0.4 is 5.32 Å². The molecule has 0 aliphatic rings. The molecular formula is C15H25NOS. The Hall–Kier alpha value is -0.670. The molecule has 1 aromatic rings. The van der Waals surface area contributed by atoms with E-state index in [0.717, 1.165) is 13.0 Å². The van der Waals surface area contributed by atoms with Crippen molar-refractivity contribution >= 4 is 10.8 Å². The molecule has 0 aliphatic carbocycles. The van der Waals surface area contributed by atoms with E-state index in [0.29, 0.717) is 12.0 Å². The van der Waals surface area contributed by atoms with Gasteiger partial charge in [0.15, 0.2) is 0 Å². The van der Waals surface area contributed by atoms with Crippen molar-refractivity contribution in [2.75, 3.05) is 12.8 Å². The van der Waals surface area contributed by atoms with Gasteiger partial charge < -0.3 is 5.32 Å². The summed E-state index contributed by atoms with van der Waals surface area (Å²) in [4.78, 5) is 0. The van der Waals surface area contributed by atoms with Crippen LogP contribution in [0, 0.1) is 5.92 Å². The van der Waals surface area contributed by atoms with Gasteiger partial charge in [-0.05, 0) is 24.4 Å². The van der Waals surface area contributed by atoms with Crippen LogP contribution in [0.25, 0.3) is 0 Å². The molecule has 0 heterocycles. The van der Waals surface area contributed by atoms with Crippen LogP contribution in [0.3, 0.4) is 0 Å². The van der Waals surface area contributed by atoms with E-state index in [2.05, 4.69) is 43.4 Å². The molecule has 2 nitrogen and oxygen atoms in total. The standard InChI is InChI=1S/C15H25NOS/c1-12(2)15(14-8-6-5-7-9-14)16-11-10-13(3)18(4)17/h5-9,12-13,15-16H,10-11H2,1-4H3. The minimum Gasteiger partial charge on any atom is -0.310 e. The maximum Gasteiger partial charge on any atom is 0.0343 e. The molecular weight excluding hydrogens is 242 g/mol. The summed E-state index contributed by atoms with van der Waals surface area (Å²) in [7, 11) is -0.720. The second-order valence-corrected chi connectivity index (χ2v) is 6.99. The lowest BCUT2D eigenvalue weighted by Crippen LogP contribution is -2.29. The van der Waals surface area contributed by atoms with Crippen LogP contribution in [0.4, 0.5) is 0 Å². The van der Waals surface area contributed by atoms with Crippen molar-refractivity contribution < 1.29 is 4.21 Å². The Balaban J connectivity index is 2.53. The van der Waals surface area contributed by atoms with Gasteiger partial charge in [-0.25, -0.2) is 0 Å². The zero-order chi connectivity index (χ0) is 13.5. The summed E-state index contributed by atoms with van der Waals surface area (Å²) in [6.45, 7) is 7.42. The Kier molecular flexibility index (Phi) is 6.58. The second-order valence-electron chi connectivity index (χ2n) is 5.18. The minimum atomic E-state index is -0.720. The fraction of sp³-hybridized carbons (Fsp3) is 0.600. The van der Waals surface area contributed by atoms with E-state index >= 15 is 0 Å². The summed E-state index contributed by atoms with van der Waals surface area (Å²) in [6, 6.07) is 10.9. The van der Waals surface area contributed by atoms with E-state index in [1.165, 1.54) is 5.56 Å². The van der Waals surface area contributed by atoms with Crippen molar-refractivity contribution in [3.05, 3.63) is 35.9 Å². The van der Waals surface area contributed by atoms with Crippen molar-refractivity contribution in [2.45, 2.75) is 38.5 Å². The number of nitrogens with one attached hydrogen (secondary N) is 1. The molecule has 0 bridgehead atoms. The van der Waals surface area contributed by atoms with Crippen molar-refractivity contribution in [3.8, 4) is 0 Å². The largest absolute Gasteiger partial charge is 0.310 e. The van der Waals surface area contributed by atoms with Crippen LogP contribution >= 0.6 is 0 Å². The molecule has 3 heteroatoms. The highest BCUT2D eigenvalue weighted by molar-refractivity contribution is 7.84. The van der Waals surface area contributed by atoms with Gasteiger partial charge in [0, 0.05) is 28.3 Å². The fourth-order valence-corrected chi connectivity index (χ4v) is 2.46. The van der Waals surface area contributed by atoms with Crippen LogP contribution in [-0.2, 0) is 10.8 Å². The van der Waals surface area contributed by atoms with Crippen LogP contribution in [0.15, 0.2) is 30.3 Å². The van der Waals surface area contributed by atoms with E-state index in [-0.39, 0.29) is 5.25 Å². The summed E-state index contributed by atoms with van der Waals surface area (Å²) >= 11 is 0. The second kappa shape index (κ2) is 7.70. The molecule has 1 rings (SSSR count). The van der Waals surface area contributed by atoms with Crippen molar-refractivity contribution in [3.63, 3.8) is 0 Å². The summed E-state index contributed by atoms with van der Waals surface area (Å²) in [5.74, 6) is 0.551. The molecule has 18 heavy (non-hydrogen) atoms. The van der Waals surface area contributed by atoms with Gasteiger partial charge in [0.05, 0.1) is 0 Å². The first-order valence-corrected chi connectivity index (χ1v) is 8.25. The Morgan fingerprint density at radius 3 is 2.28 bits per heavy atom. The normalized spacial score (nSPS) is 16.5. The molecule has 0 radical (unpaired) electrons. The Morgan fingerprint density at radius 2 is 1.78 bits per heavy atom. The van der Waals surface area contributed by atoms with Gasteiger partial charge in [0.25, 0.3) is 0 Å². The summed E-state index contributed by atoms with van der Waals surface area (Å²) < 4.78 is 11.3. The van der Waals surface area contributed by atoms with E-state index in [4.69, 9.17) is 0 Å². The average Bonchev–Trinajstić information content (AvgIpc) is 2.34. The first kappa shape index (κ1) is 15.4. The van der Waals surface area contributed by atoms with Gasteiger partial charge in [-0.15, -0.1) is 0 Å². The smallest absolute Gasteiger partial charge is 0.0343 e. The van der Waals surface area contributed by atoms with Crippen molar-refractivity contribution in [1.82, 2.24) is 5.32 Å². The lowest BCUT2D eigenvalue weighted by Gasteiger charge is -2.23. The van der Waals surface area contributed by atoms with Crippen LogP contribution in [0.2, 0.25) is 0 Å². The lowest BCUT2D eigenvalue weighted by molar-refractivity contribution is 0.409. The molecule has 102 valence electrons. The number of hydrogen-bond donors (Lipinski definition) is 1. The molecule has 0 saturated heterocycles. The maximum atomic E-state index is 11.3. The fourth-order valence-electron chi connectivity index (χ4n) is 2.01. The summed E-state index contributed by atoms with van der Waals surface area (Å²) in [6.07, 6.45) is 2.74. The average molecular weight is 267 g/mol. The molecule has 3 atom stereocenters. The first-order chi connectivity index (χ1) is 8.52. The van der Waals surface area contributed by atoms with E-state index in [1.54, 1.807) is 6.26 Å². The van der Waals surface area contributed by atoms with Gasteiger partial charge in [-0.2, -0.15) is 0 Å². The Bertz CT molecular complexity index is 364. The van der Waals surface area contributed by atoms with Crippen LogP contribution in [0.5, 0.6) is 0 Å². The van der Waals surface area contributed by atoms with Gasteiger partial charge in [0.1, 0.15) is 0 Å². The Labute approximate surface area is 114 Å². The molecule has 0 amide bonds. The zero-order valence-corrected chi connectivity index (χ0v) is 12.7. The van der Waals surface area contributed by atoms with Gasteiger partial charge in [-0.3, -0.25) is 4.21 Å². The summed E-state index contributed by atoms with van der Waals surface area (Å²) in [5.41, 5.74) is 1.33. The van der Waals surface area contributed by atoms with Crippen molar-refractivity contribution in [2.24, 2.45) is 5.92 Å². The van der Waals surface area contributed by atoms with Gasteiger partial charge in [-0.1, -0.05) is 51.1 Å². The number of hydrogen-bond acceptors (Lipinski definition) is 2. The number of benzene rings is 1. The zero-order valence-electron chi connectivity index (χ0n) is 11.8. The molecule has 0 aromatic heterocycles. The monoisotopic (exact) mass is 267 g/mol. The molecule has 0 aliphatic heterocycles. The topological polar surface area (TPSA) is 29.1 Å². The molecule has 0 fully saturated rings. The maximum absolute atomic E-state index is 11.3. The van der Waals surface area contributed by atoms with E-state index in [9.17, 15) is 4.21 Å². The third-order valence-corrected chi connectivity index (χ3v) is 4.68. The minimum absolute atomic E-state index is 0.265. The van der Waals surface area contributed by atoms with E-state index in [1.807, 2.05) is 13.0 Å². The van der Waals surface area contributed by atoms with Crippen LogP contribution in [-0.4, -0.2) is 22.3 Å². The quantitative estimate of drug-likeness (QED) is 0.822. The first-order valence-electron chi connectivity index (χ1n) is 6.63. The van der Waals surface area contributed by atoms with Gasteiger partial charge in [0.2, 0.25) is 0 Å². The predicted octanol–water partition coefficient (Wildman–Crippen LogP) is 3.13. The third-order valence-electron chi connectivity index (χ3n) is 3.31. The highest BCUT2D eigenvalue weighted by Crippen LogP contribution is 2.21. The summed E-state index contributed by atoms with van der Waals surface area (Å²) in [5, 5.41) is 3.85. The third kappa shape index (κ3) is 4.91. The number of rotatable bonds is 7. The molecule has 3 unspecified atom stereocenters. The van der Waals surface area contributed by atoms with Gasteiger partial charge >= 0.3 is 0 Å². The highest BCUT2D eigenvalue weighted by Gasteiger charge is 2.15. The molecule has 1 aromatic carbocycles. The molecule has 1 N–H and O–H groups in total. The van der Waals surface area contributed by atoms with Crippen LogP contribution in [0.1, 0.15) is 38.8 Å². The molecule has 0 saturated carbocycles. The Morgan fingerprint density at radius 1 is 1.17 bits per heavy atom. The molecule has 0 spiro atoms. The van der Waals surface area contributed by atoms with Crippen molar-refractivity contribution in [1.29, 1.82) is 0 Å². The lowest BCUT2D eigenvalue weighted by atomic mass is 9.96. The predicted molar refractivity (Wildman–Crippen MR) is 80.2 cm³/mol. The SMILES string of the molecule is CC(C)C(NCCC(C)S(C)=O)c1ccccc1. The highest BCUT2D eigenvalue weighted by atomic mass is 32.2. The van der Waals surface area contributed by atoms with E-state index < -0.39 is 10.8 Å².